The Bertz CT molecular complexity index is 864. The molecule has 1 aromatic carbocycles. The fraction of sp³-hybridized carbons (Fsp3) is 0.444. The minimum absolute atomic E-state index is 0.114. The van der Waals surface area contributed by atoms with E-state index in [-0.39, 0.29) is 15.8 Å². The number of ketones is 1. The number of rotatable bonds is 5. The minimum Gasteiger partial charge on any atom is -0.294 e. The van der Waals surface area contributed by atoms with Crippen LogP contribution in [0, 0.1) is 6.92 Å². The Morgan fingerprint density at radius 2 is 1.80 bits per heavy atom. The van der Waals surface area contributed by atoms with Crippen molar-refractivity contribution >= 4 is 32.3 Å². The summed E-state index contributed by atoms with van der Waals surface area (Å²) in [6, 6.07) is 7.13. The summed E-state index contributed by atoms with van der Waals surface area (Å²) in [6.45, 7) is 3.15. The quantitative estimate of drug-likeness (QED) is 0.777. The molecule has 1 aliphatic carbocycles. The number of thiazole rings is 1. The van der Waals surface area contributed by atoms with E-state index in [2.05, 4.69) is 9.71 Å². The molecule has 0 bridgehead atoms. The molecule has 1 fully saturated rings. The van der Waals surface area contributed by atoms with Gasteiger partial charge in [0.15, 0.2) is 10.9 Å². The molecule has 1 heterocycles. The highest BCUT2D eigenvalue weighted by molar-refractivity contribution is 7.93. The molecular formula is C18H22N2O3S2. The van der Waals surface area contributed by atoms with E-state index in [0.29, 0.717) is 16.5 Å². The summed E-state index contributed by atoms with van der Waals surface area (Å²) in [5.74, 6) is 0.426. The van der Waals surface area contributed by atoms with Crippen molar-refractivity contribution in [3.05, 3.63) is 40.4 Å². The Morgan fingerprint density at radius 3 is 2.36 bits per heavy atom. The summed E-state index contributed by atoms with van der Waals surface area (Å²) >= 11 is 1.06. The maximum atomic E-state index is 12.6. The Labute approximate surface area is 152 Å². The molecule has 3 rings (SSSR count). The van der Waals surface area contributed by atoms with Gasteiger partial charge >= 0.3 is 0 Å². The van der Waals surface area contributed by atoms with Crippen molar-refractivity contribution in [1.82, 2.24) is 4.98 Å². The van der Waals surface area contributed by atoms with Gasteiger partial charge in [-0.15, -0.1) is 0 Å². The van der Waals surface area contributed by atoms with Crippen LogP contribution in [0.15, 0.2) is 29.2 Å². The minimum atomic E-state index is -3.70. The molecule has 0 amide bonds. The molecule has 0 atom stereocenters. The second-order valence-electron chi connectivity index (χ2n) is 6.50. The van der Waals surface area contributed by atoms with Crippen LogP contribution in [-0.4, -0.2) is 19.2 Å². The molecular weight excluding hydrogens is 356 g/mol. The standard InChI is InChI=1S/C18H22N2O3S2/c1-12-17(13(2)21)24-18(19-12)20-25(22,23)16-10-8-15(9-11-16)14-6-4-3-5-7-14/h8-11,14H,3-7H2,1-2H3,(H,19,20). The number of carbonyl (C=O) groups excluding carboxylic acids is 1. The first kappa shape index (κ1) is 18.1. The number of aromatic nitrogens is 1. The maximum Gasteiger partial charge on any atom is 0.263 e. The fourth-order valence-electron chi connectivity index (χ4n) is 3.30. The molecule has 1 saturated carbocycles. The second-order valence-corrected chi connectivity index (χ2v) is 9.18. The van der Waals surface area contributed by atoms with Gasteiger partial charge in [-0.25, -0.2) is 13.4 Å². The summed E-state index contributed by atoms with van der Waals surface area (Å²) in [4.78, 5) is 16.3. The van der Waals surface area contributed by atoms with Gasteiger partial charge in [-0.2, -0.15) is 0 Å². The summed E-state index contributed by atoms with van der Waals surface area (Å²) in [5, 5.41) is 0.221. The molecule has 134 valence electrons. The zero-order valence-corrected chi connectivity index (χ0v) is 16.0. The third kappa shape index (κ3) is 4.10. The van der Waals surface area contributed by atoms with E-state index < -0.39 is 10.0 Å². The Hall–Kier alpha value is -1.73. The van der Waals surface area contributed by atoms with Gasteiger partial charge in [0.1, 0.15) is 0 Å². The van der Waals surface area contributed by atoms with Crippen LogP contribution >= 0.6 is 11.3 Å². The van der Waals surface area contributed by atoms with Crippen LogP contribution in [0.4, 0.5) is 5.13 Å². The number of hydrogen-bond acceptors (Lipinski definition) is 5. The van der Waals surface area contributed by atoms with E-state index in [4.69, 9.17) is 0 Å². The van der Waals surface area contributed by atoms with Crippen LogP contribution < -0.4 is 4.72 Å². The molecule has 2 aromatic rings. The van der Waals surface area contributed by atoms with E-state index in [1.165, 1.54) is 44.6 Å². The highest BCUT2D eigenvalue weighted by Gasteiger charge is 2.20. The maximum absolute atomic E-state index is 12.6. The number of sulfonamides is 1. The van der Waals surface area contributed by atoms with Crippen molar-refractivity contribution in [1.29, 1.82) is 0 Å². The number of carbonyl (C=O) groups is 1. The van der Waals surface area contributed by atoms with Crippen molar-refractivity contribution in [2.24, 2.45) is 0 Å². The first-order chi connectivity index (χ1) is 11.9. The third-order valence-electron chi connectivity index (χ3n) is 4.61. The number of hydrogen-bond donors (Lipinski definition) is 1. The lowest BCUT2D eigenvalue weighted by atomic mass is 9.84. The first-order valence-corrected chi connectivity index (χ1v) is 10.8. The monoisotopic (exact) mass is 378 g/mol. The number of anilines is 1. The fourth-order valence-corrected chi connectivity index (χ4v) is 5.39. The Morgan fingerprint density at radius 1 is 1.16 bits per heavy atom. The number of nitrogens with zero attached hydrogens (tertiary/aromatic N) is 1. The van der Waals surface area contributed by atoms with Gasteiger partial charge in [0.05, 0.1) is 15.5 Å². The summed E-state index contributed by atoms with van der Waals surface area (Å²) in [6.07, 6.45) is 6.14. The van der Waals surface area contributed by atoms with Crippen LogP contribution in [0.3, 0.4) is 0 Å². The molecule has 0 radical (unpaired) electrons. The SMILES string of the molecule is CC(=O)c1sc(NS(=O)(=O)c2ccc(C3CCCCC3)cc2)nc1C. The Kier molecular flexibility index (Phi) is 5.24. The van der Waals surface area contributed by atoms with Crippen molar-refractivity contribution in [2.75, 3.05) is 4.72 Å². The van der Waals surface area contributed by atoms with Gasteiger partial charge in [-0.05, 0) is 43.4 Å². The predicted octanol–water partition coefficient (Wildman–Crippen LogP) is 4.50. The lowest BCUT2D eigenvalue weighted by molar-refractivity contribution is 0.102. The highest BCUT2D eigenvalue weighted by Crippen LogP contribution is 2.33. The number of aryl methyl sites for hydroxylation is 1. The zero-order chi connectivity index (χ0) is 18.0. The third-order valence-corrected chi connectivity index (χ3v) is 7.26. The first-order valence-electron chi connectivity index (χ1n) is 8.48. The van der Waals surface area contributed by atoms with Crippen LogP contribution in [0.5, 0.6) is 0 Å². The average Bonchev–Trinajstić information content (AvgIpc) is 2.95. The number of nitrogens with one attached hydrogen (secondary N) is 1. The normalized spacial score (nSPS) is 15.9. The predicted molar refractivity (Wildman–Crippen MR) is 99.9 cm³/mol. The smallest absolute Gasteiger partial charge is 0.263 e. The number of benzene rings is 1. The van der Waals surface area contributed by atoms with Crippen molar-refractivity contribution in [2.45, 2.75) is 56.8 Å². The molecule has 0 unspecified atom stereocenters. The zero-order valence-electron chi connectivity index (χ0n) is 14.4. The molecule has 7 heteroatoms. The molecule has 0 aliphatic heterocycles. The summed E-state index contributed by atoms with van der Waals surface area (Å²) in [7, 11) is -3.70. The Balaban J connectivity index is 1.77. The molecule has 1 aliphatic rings. The van der Waals surface area contributed by atoms with Crippen LogP contribution in [0.25, 0.3) is 0 Å². The van der Waals surface area contributed by atoms with Gasteiger partial charge in [0.2, 0.25) is 0 Å². The molecule has 5 nitrogen and oxygen atoms in total. The van der Waals surface area contributed by atoms with E-state index >= 15 is 0 Å². The average molecular weight is 379 g/mol. The van der Waals surface area contributed by atoms with Gasteiger partial charge in [-0.3, -0.25) is 9.52 Å². The number of Topliss-reactive ketones (excluding diaryl/α,β-unsaturated/α-hetero) is 1. The molecule has 0 spiro atoms. The van der Waals surface area contributed by atoms with Crippen LogP contribution in [0.1, 0.15) is 65.9 Å². The van der Waals surface area contributed by atoms with E-state index in [0.717, 1.165) is 11.3 Å². The van der Waals surface area contributed by atoms with Crippen LogP contribution in [0.2, 0.25) is 0 Å². The topological polar surface area (TPSA) is 76.1 Å². The molecule has 0 saturated heterocycles. The summed E-state index contributed by atoms with van der Waals surface area (Å²) in [5.41, 5.74) is 1.76. The van der Waals surface area contributed by atoms with E-state index in [1.54, 1.807) is 19.1 Å². The lowest BCUT2D eigenvalue weighted by Gasteiger charge is -2.22. The second kappa shape index (κ2) is 7.25. The van der Waals surface area contributed by atoms with Crippen LogP contribution in [-0.2, 0) is 10.0 Å². The van der Waals surface area contributed by atoms with Gasteiger partial charge in [0, 0.05) is 6.92 Å². The summed E-state index contributed by atoms with van der Waals surface area (Å²) < 4.78 is 27.6. The highest BCUT2D eigenvalue weighted by atomic mass is 32.2. The van der Waals surface area contributed by atoms with Gasteiger partial charge in [-0.1, -0.05) is 42.7 Å². The lowest BCUT2D eigenvalue weighted by Crippen LogP contribution is -2.13. The van der Waals surface area contributed by atoms with Gasteiger partial charge < -0.3 is 0 Å². The molecule has 1 aromatic heterocycles. The van der Waals surface area contributed by atoms with Gasteiger partial charge in [0.25, 0.3) is 10.0 Å². The molecule has 1 N–H and O–H groups in total. The van der Waals surface area contributed by atoms with Crippen molar-refractivity contribution < 1.29 is 13.2 Å². The van der Waals surface area contributed by atoms with E-state index in [1.807, 2.05) is 12.1 Å². The van der Waals surface area contributed by atoms with Crippen molar-refractivity contribution in [3.63, 3.8) is 0 Å². The molecule has 25 heavy (non-hydrogen) atoms. The largest absolute Gasteiger partial charge is 0.294 e. The van der Waals surface area contributed by atoms with Crippen molar-refractivity contribution in [3.8, 4) is 0 Å². The van der Waals surface area contributed by atoms with E-state index in [9.17, 15) is 13.2 Å².